The zero-order valence-corrected chi connectivity index (χ0v) is 11.0. The van der Waals surface area contributed by atoms with Crippen LogP contribution in [0, 0.1) is 0 Å². The third-order valence-corrected chi connectivity index (χ3v) is 3.24. The molecule has 1 aromatic heterocycles. The van der Waals surface area contributed by atoms with Crippen molar-refractivity contribution >= 4 is 33.2 Å². The maximum Gasteiger partial charge on any atom is 0.355 e. The third kappa shape index (κ3) is 3.28. The van der Waals surface area contributed by atoms with Crippen molar-refractivity contribution in [1.29, 1.82) is 0 Å². The predicted molar refractivity (Wildman–Crippen MR) is 67.5 cm³/mol. The number of hydrogen-bond donors (Lipinski definition) is 1. The van der Waals surface area contributed by atoms with Crippen LogP contribution in [-0.4, -0.2) is 16.1 Å². The highest BCUT2D eigenvalue weighted by Gasteiger charge is 2.08. The summed E-state index contributed by atoms with van der Waals surface area (Å²) in [7, 11) is 0. The van der Waals surface area contributed by atoms with Gasteiger partial charge in [0.25, 0.3) is 0 Å². The average molecular weight is 314 g/mol. The summed E-state index contributed by atoms with van der Waals surface area (Å²) in [5, 5.41) is 10.9. The molecule has 0 radical (unpaired) electrons. The first-order valence-electron chi connectivity index (χ1n) is 4.71. The molecule has 0 saturated heterocycles. The summed E-state index contributed by atoms with van der Waals surface area (Å²) in [6.45, 7) is 0.272. The van der Waals surface area contributed by atoms with Gasteiger partial charge in [-0.05, 0) is 18.2 Å². The molecule has 88 valence electrons. The number of thiazole rings is 1. The van der Waals surface area contributed by atoms with Crippen LogP contribution in [0.3, 0.4) is 0 Å². The number of benzene rings is 1. The van der Waals surface area contributed by atoms with Gasteiger partial charge >= 0.3 is 5.97 Å². The molecule has 0 spiro atoms. The zero-order valence-electron chi connectivity index (χ0n) is 8.59. The Balaban J connectivity index is 2.00. The van der Waals surface area contributed by atoms with Gasteiger partial charge in [0.15, 0.2) is 5.69 Å². The minimum Gasteiger partial charge on any atom is -0.486 e. The van der Waals surface area contributed by atoms with Gasteiger partial charge in [0.1, 0.15) is 17.4 Å². The quantitative estimate of drug-likeness (QED) is 0.941. The topological polar surface area (TPSA) is 59.4 Å². The molecule has 1 N–H and O–H groups in total. The molecule has 4 nitrogen and oxygen atoms in total. The fourth-order valence-corrected chi connectivity index (χ4v) is 2.23. The number of aromatic carboxylic acids is 1. The van der Waals surface area contributed by atoms with Gasteiger partial charge in [0.2, 0.25) is 0 Å². The Hall–Kier alpha value is -1.40. The van der Waals surface area contributed by atoms with E-state index in [9.17, 15) is 4.79 Å². The molecular formula is C11H8BrNO3S. The van der Waals surface area contributed by atoms with Gasteiger partial charge in [-0.2, -0.15) is 0 Å². The van der Waals surface area contributed by atoms with E-state index in [0.29, 0.717) is 10.8 Å². The molecule has 6 heteroatoms. The minimum absolute atomic E-state index is 0.0582. The van der Waals surface area contributed by atoms with Crippen LogP contribution in [0.25, 0.3) is 0 Å². The molecule has 1 heterocycles. The van der Waals surface area contributed by atoms with E-state index in [1.165, 1.54) is 16.7 Å². The van der Waals surface area contributed by atoms with E-state index in [-0.39, 0.29) is 12.3 Å². The smallest absolute Gasteiger partial charge is 0.355 e. The normalized spacial score (nSPS) is 10.2. The molecule has 2 aromatic rings. The summed E-state index contributed by atoms with van der Waals surface area (Å²) in [6, 6.07) is 7.44. The van der Waals surface area contributed by atoms with E-state index in [1.54, 1.807) is 0 Å². The van der Waals surface area contributed by atoms with Crippen molar-refractivity contribution in [2.45, 2.75) is 6.61 Å². The molecule has 0 aliphatic rings. The Labute approximate surface area is 110 Å². The molecule has 1 aromatic carbocycles. The Kier molecular flexibility index (Phi) is 3.75. The van der Waals surface area contributed by atoms with Gasteiger partial charge in [0.05, 0.1) is 0 Å². The molecule has 0 atom stereocenters. The Morgan fingerprint density at radius 1 is 1.53 bits per heavy atom. The maximum atomic E-state index is 10.6. The second-order valence-electron chi connectivity index (χ2n) is 3.18. The molecular weight excluding hydrogens is 306 g/mol. The van der Waals surface area contributed by atoms with E-state index in [0.717, 1.165) is 4.47 Å². The van der Waals surface area contributed by atoms with Crippen molar-refractivity contribution in [2.75, 3.05) is 0 Å². The molecule has 0 fully saturated rings. The fourth-order valence-electron chi connectivity index (χ4n) is 1.18. The fraction of sp³-hybridized carbons (Fsp3) is 0.0909. The number of carboxylic acids is 1. The first kappa shape index (κ1) is 12.1. The molecule has 0 aliphatic heterocycles. The lowest BCUT2D eigenvalue weighted by atomic mass is 10.3. The highest BCUT2D eigenvalue weighted by atomic mass is 79.9. The summed E-state index contributed by atoms with van der Waals surface area (Å²) < 4.78 is 6.42. The second kappa shape index (κ2) is 5.29. The summed E-state index contributed by atoms with van der Waals surface area (Å²) >= 11 is 4.61. The van der Waals surface area contributed by atoms with Gasteiger partial charge in [-0.25, -0.2) is 9.78 Å². The molecule has 0 saturated carbocycles. The van der Waals surface area contributed by atoms with Crippen LogP contribution >= 0.6 is 27.3 Å². The monoisotopic (exact) mass is 313 g/mol. The van der Waals surface area contributed by atoms with Crippen molar-refractivity contribution < 1.29 is 14.6 Å². The van der Waals surface area contributed by atoms with E-state index in [4.69, 9.17) is 9.84 Å². The van der Waals surface area contributed by atoms with E-state index in [1.807, 2.05) is 24.3 Å². The van der Waals surface area contributed by atoms with Crippen LogP contribution in [-0.2, 0) is 6.61 Å². The number of carbonyl (C=O) groups is 1. The summed E-state index contributed by atoms with van der Waals surface area (Å²) in [4.78, 5) is 14.6. The maximum absolute atomic E-state index is 10.6. The van der Waals surface area contributed by atoms with Crippen LogP contribution in [0.5, 0.6) is 5.75 Å². The third-order valence-electron chi connectivity index (χ3n) is 1.93. The Morgan fingerprint density at radius 2 is 2.35 bits per heavy atom. The number of aromatic nitrogens is 1. The van der Waals surface area contributed by atoms with E-state index >= 15 is 0 Å². The lowest BCUT2D eigenvalue weighted by Gasteiger charge is -2.03. The number of carboxylic acid groups (broad SMARTS) is 1. The molecule has 0 aliphatic carbocycles. The van der Waals surface area contributed by atoms with Gasteiger partial charge in [-0.3, -0.25) is 0 Å². The van der Waals surface area contributed by atoms with Crippen molar-refractivity contribution in [2.24, 2.45) is 0 Å². The lowest BCUT2D eigenvalue weighted by Crippen LogP contribution is -1.99. The largest absolute Gasteiger partial charge is 0.486 e. The van der Waals surface area contributed by atoms with Crippen molar-refractivity contribution in [1.82, 2.24) is 4.98 Å². The van der Waals surface area contributed by atoms with Crippen molar-refractivity contribution in [3.8, 4) is 5.75 Å². The van der Waals surface area contributed by atoms with Gasteiger partial charge < -0.3 is 9.84 Å². The summed E-state index contributed by atoms with van der Waals surface area (Å²) in [5.74, 6) is -0.304. The molecule has 17 heavy (non-hydrogen) atoms. The SMILES string of the molecule is O=C(O)c1csc(COc2cccc(Br)c2)n1. The molecule has 0 unspecified atom stereocenters. The zero-order chi connectivity index (χ0) is 12.3. The first-order valence-corrected chi connectivity index (χ1v) is 6.38. The first-order chi connectivity index (χ1) is 8.15. The van der Waals surface area contributed by atoms with Crippen LogP contribution in [0.1, 0.15) is 15.5 Å². The summed E-state index contributed by atoms with van der Waals surface area (Å²) in [6.07, 6.45) is 0. The average Bonchev–Trinajstić information content (AvgIpc) is 2.75. The van der Waals surface area contributed by atoms with E-state index < -0.39 is 5.97 Å². The van der Waals surface area contributed by atoms with Crippen LogP contribution in [0.15, 0.2) is 34.1 Å². The van der Waals surface area contributed by atoms with Crippen molar-refractivity contribution in [3.63, 3.8) is 0 Å². The van der Waals surface area contributed by atoms with Gasteiger partial charge in [0, 0.05) is 9.85 Å². The second-order valence-corrected chi connectivity index (χ2v) is 5.04. The molecule has 0 bridgehead atoms. The minimum atomic E-state index is -1.02. The summed E-state index contributed by atoms with van der Waals surface area (Å²) in [5.41, 5.74) is 0.0582. The van der Waals surface area contributed by atoms with Crippen LogP contribution < -0.4 is 4.74 Å². The Morgan fingerprint density at radius 3 is 3.00 bits per heavy atom. The molecule has 0 amide bonds. The molecule has 2 rings (SSSR count). The van der Waals surface area contributed by atoms with Gasteiger partial charge in [-0.15, -0.1) is 11.3 Å². The number of halogens is 1. The Bertz CT molecular complexity index is 541. The van der Waals surface area contributed by atoms with Gasteiger partial charge in [-0.1, -0.05) is 22.0 Å². The lowest BCUT2D eigenvalue weighted by molar-refractivity contribution is 0.0691. The number of rotatable bonds is 4. The van der Waals surface area contributed by atoms with Crippen LogP contribution in [0.4, 0.5) is 0 Å². The number of ether oxygens (including phenoxy) is 1. The highest BCUT2D eigenvalue weighted by molar-refractivity contribution is 9.10. The number of hydrogen-bond acceptors (Lipinski definition) is 4. The van der Waals surface area contributed by atoms with E-state index in [2.05, 4.69) is 20.9 Å². The number of nitrogens with zero attached hydrogens (tertiary/aromatic N) is 1. The van der Waals surface area contributed by atoms with Crippen molar-refractivity contribution in [3.05, 3.63) is 44.8 Å². The highest BCUT2D eigenvalue weighted by Crippen LogP contribution is 2.19. The standard InChI is InChI=1S/C11H8BrNO3S/c12-7-2-1-3-8(4-7)16-5-10-13-9(6-17-10)11(14)15/h1-4,6H,5H2,(H,14,15). The predicted octanol–water partition coefficient (Wildman–Crippen LogP) is 3.18. The van der Waals surface area contributed by atoms with Crippen LogP contribution in [0.2, 0.25) is 0 Å².